The van der Waals surface area contributed by atoms with E-state index in [0.29, 0.717) is 45.2 Å². The number of halogens is 4. The Morgan fingerprint density at radius 2 is 1.52 bits per heavy atom. The van der Waals surface area contributed by atoms with Crippen LogP contribution < -0.4 is 9.47 Å². The molecule has 0 atom stereocenters. The Balaban J connectivity index is 1.79. The molecule has 0 spiro atoms. The van der Waals surface area contributed by atoms with Gasteiger partial charge in [0.2, 0.25) is 17.4 Å². The number of morpholine rings is 1. The van der Waals surface area contributed by atoms with Gasteiger partial charge in [-0.05, 0) is 31.2 Å². The summed E-state index contributed by atoms with van der Waals surface area (Å²) in [6.45, 7) is 5.11. The monoisotopic (exact) mass is 411 g/mol. The average Bonchev–Trinajstić information content (AvgIpc) is 2.74. The van der Waals surface area contributed by atoms with Crippen molar-refractivity contribution in [1.29, 1.82) is 0 Å². The Morgan fingerprint density at radius 1 is 0.931 bits per heavy atom. The van der Waals surface area contributed by atoms with Crippen molar-refractivity contribution < 1.29 is 31.8 Å². The Morgan fingerprint density at radius 3 is 2.10 bits per heavy atom. The molecule has 156 valence electrons. The third-order valence-electron chi connectivity index (χ3n) is 4.36. The molecular formula is C21H21F4NO3. The molecule has 2 aromatic rings. The van der Waals surface area contributed by atoms with Crippen LogP contribution in [-0.4, -0.2) is 44.4 Å². The lowest BCUT2D eigenvalue weighted by Gasteiger charge is -2.25. The Labute approximate surface area is 166 Å². The summed E-state index contributed by atoms with van der Waals surface area (Å²) in [5.41, 5.74) is -0.785. The summed E-state index contributed by atoms with van der Waals surface area (Å²) < 4.78 is 73.0. The van der Waals surface area contributed by atoms with E-state index >= 15 is 0 Å². The summed E-state index contributed by atoms with van der Waals surface area (Å²) in [5.74, 6) is -6.80. The first-order valence-electron chi connectivity index (χ1n) is 9.24. The van der Waals surface area contributed by atoms with Gasteiger partial charge in [0.05, 0.1) is 25.4 Å². The first-order valence-corrected chi connectivity index (χ1v) is 9.24. The lowest BCUT2D eigenvalue weighted by Crippen LogP contribution is -2.36. The van der Waals surface area contributed by atoms with Gasteiger partial charge in [0.1, 0.15) is 11.5 Å². The molecule has 0 amide bonds. The Hall–Kier alpha value is -2.58. The van der Waals surface area contributed by atoms with Crippen LogP contribution in [0.25, 0.3) is 6.08 Å². The van der Waals surface area contributed by atoms with Gasteiger partial charge in [0, 0.05) is 19.6 Å². The maximum absolute atomic E-state index is 14.4. The lowest BCUT2D eigenvalue weighted by atomic mass is 10.1. The van der Waals surface area contributed by atoms with E-state index in [9.17, 15) is 17.6 Å². The number of hydrogen-bond donors (Lipinski definition) is 0. The van der Waals surface area contributed by atoms with Gasteiger partial charge in [-0.25, -0.2) is 8.78 Å². The minimum absolute atomic E-state index is 0.0145. The highest BCUT2D eigenvalue weighted by Gasteiger charge is 2.26. The molecule has 29 heavy (non-hydrogen) atoms. The molecule has 1 aliphatic heterocycles. The molecule has 8 heteroatoms. The quantitative estimate of drug-likeness (QED) is 0.485. The Bertz CT molecular complexity index is 836. The van der Waals surface area contributed by atoms with Crippen LogP contribution >= 0.6 is 0 Å². The van der Waals surface area contributed by atoms with Crippen LogP contribution in [0.2, 0.25) is 0 Å². The van der Waals surface area contributed by atoms with Crippen molar-refractivity contribution in [3.05, 3.63) is 59.2 Å². The minimum atomic E-state index is -1.59. The third kappa shape index (κ3) is 5.07. The van der Waals surface area contributed by atoms with Crippen molar-refractivity contribution in [2.24, 2.45) is 0 Å². The number of rotatable bonds is 7. The van der Waals surface area contributed by atoms with E-state index in [4.69, 9.17) is 14.2 Å². The van der Waals surface area contributed by atoms with Crippen molar-refractivity contribution >= 4 is 6.08 Å². The molecule has 2 aromatic carbocycles. The van der Waals surface area contributed by atoms with E-state index in [1.807, 2.05) is 4.90 Å². The molecule has 0 saturated carbocycles. The largest absolute Gasteiger partial charge is 0.494 e. The lowest BCUT2D eigenvalue weighted by molar-refractivity contribution is 0.0435. The van der Waals surface area contributed by atoms with Gasteiger partial charge in [0.15, 0.2) is 11.6 Å². The SMILES string of the molecule is CCOc1ccc(Oc2c(F)c(F)c(/C=C/CN3CCOCC3)c(F)c2F)cc1. The predicted molar refractivity (Wildman–Crippen MR) is 100 cm³/mol. The fourth-order valence-electron chi connectivity index (χ4n) is 2.86. The molecule has 1 fully saturated rings. The molecule has 0 aromatic heterocycles. The predicted octanol–water partition coefficient (Wildman–Crippen LogP) is 4.78. The topological polar surface area (TPSA) is 30.9 Å². The third-order valence-corrected chi connectivity index (χ3v) is 4.36. The highest BCUT2D eigenvalue weighted by Crippen LogP contribution is 2.34. The zero-order chi connectivity index (χ0) is 20.8. The van der Waals surface area contributed by atoms with Crippen LogP contribution in [0, 0.1) is 23.3 Å². The molecule has 0 bridgehead atoms. The molecule has 0 N–H and O–H groups in total. The van der Waals surface area contributed by atoms with Crippen molar-refractivity contribution in [3.63, 3.8) is 0 Å². The van der Waals surface area contributed by atoms with Crippen LogP contribution in [0.5, 0.6) is 17.2 Å². The van der Waals surface area contributed by atoms with E-state index in [0.717, 1.165) is 6.08 Å². The van der Waals surface area contributed by atoms with Crippen LogP contribution in [0.3, 0.4) is 0 Å². The minimum Gasteiger partial charge on any atom is -0.494 e. The molecule has 4 nitrogen and oxygen atoms in total. The maximum atomic E-state index is 14.4. The molecule has 3 rings (SSSR count). The number of ether oxygens (including phenoxy) is 3. The first-order chi connectivity index (χ1) is 14.0. The molecule has 1 saturated heterocycles. The smallest absolute Gasteiger partial charge is 0.205 e. The molecule has 1 heterocycles. The summed E-state index contributed by atoms with van der Waals surface area (Å²) in [6.07, 6.45) is 2.49. The molecular weight excluding hydrogens is 390 g/mol. The number of benzene rings is 2. The Kier molecular flexibility index (Phi) is 7.11. The zero-order valence-electron chi connectivity index (χ0n) is 15.9. The fraction of sp³-hybridized carbons (Fsp3) is 0.333. The molecule has 1 aliphatic rings. The van der Waals surface area contributed by atoms with Crippen molar-refractivity contribution in [1.82, 2.24) is 4.90 Å². The van der Waals surface area contributed by atoms with E-state index < -0.39 is 34.6 Å². The second kappa shape index (κ2) is 9.76. The fourth-order valence-corrected chi connectivity index (χ4v) is 2.86. The van der Waals surface area contributed by atoms with Crippen molar-refractivity contribution in [2.75, 3.05) is 39.5 Å². The number of nitrogens with zero attached hydrogens (tertiary/aromatic N) is 1. The van der Waals surface area contributed by atoms with E-state index in [1.165, 1.54) is 30.3 Å². The van der Waals surface area contributed by atoms with Gasteiger partial charge < -0.3 is 14.2 Å². The van der Waals surface area contributed by atoms with E-state index in [2.05, 4.69) is 0 Å². The maximum Gasteiger partial charge on any atom is 0.205 e. The van der Waals surface area contributed by atoms with E-state index in [-0.39, 0.29) is 5.75 Å². The van der Waals surface area contributed by atoms with Crippen LogP contribution in [0.4, 0.5) is 17.6 Å². The average molecular weight is 411 g/mol. The van der Waals surface area contributed by atoms with Crippen molar-refractivity contribution in [3.8, 4) is 17.2 Å². The van der Waals surface area contributed by atoms with Crippen LogP contribution in [-0.2, 0) is 4.74 Å². The van der Waals surface area contributed by atoms with Gasteiger partial charge >= 0.3 is 0 Å². The van der Waals surface area contributed by atoms with Crippen LogP contribution in [0.15, 0.2) is 30.3 Å². The van der Waals surface area contributed by atoms with Gasteiger partial charge in [-0.1, -0.05) is 12.2 Å². The van der Waals surface area contributed by atoms with Gasteiger partial charge in [-0.15, -0.1) is 0 Å². The van der Waals surface area contributed by atoms with Gasteiger partial charge in [-0.2, -0.15) is 8.78 Å². The van der Waals surface area contributed by atoms with Gasteiger partial charge in [0.25, 0.3) is 0 Å². The van der Waals surface area contributed by atoms with Crippen LogP contribution in [0.1, 0.15) is 12.5 Å². The molecule has 0 unspecified atom stereocenters. The standard InChI is InChI=1S/C21H21F4NO3/c1-2-28-14-5-7-15(8-6-14)29-21-19(24)17(22)16(18(23)20(21)25)4-3-9-26-10-12-27-13-11-26/h3-8H,2,9-13H2,1H3/b4-3+. The summed E-state index contributed by atoms with van der Waals surface area (Å²) in [4.78, 5) is 1.99. The van der Waals surface area contributed by atoms with Crippen molar-refractivity contribution in [2.45, 2.75) is 6.92 Å². The summed E-state index contributed by atoms with van der Waals surface area (Å²) in [6, 6.07) is 5.81. The highest BCUT2D eigenvalue weighted by atomic mass is 19.2. The molecule has 0 radical (unpaired) electrons. The molecule has 0 aliphatic carbocycles. The first kappa shape index (κ1) is 21.1. The second-order valence-corrected chi connectivity index (χ2v) is 6.32. The van der Waals surface area contributed by atoms with Gasteiger partial charge in [-0.3, -0.25) is 4.90 Å². The zero-order valence-corrected chi connectivity index (χ0v) is 15.9. The highest BCUT2D eigenvalue weighted by molar-refractivity contribution is 5.54. The normalized spacial score (nSPS) is 15.1. The van der Waals surface area contributed by atoms with E-state index in [1.54, 1.807) is 6.92 Å². The summed E-state index contributed by atoms with van der Waals surface area (Å²) in [7, 11) is 0. The summed E-state index contributed by atoms with van der Waals surface area (Å²) in [5, 5.41) is 0. The second-order valence-electron chi connectivity index (χ2n) is 6.32. The number of hydrogen-bond acceptors (Lipinski definition) is 4. The summed E-state index contributed by atoms with van der Waals surface area (Å²) >= 11 is 0.